The van der Waals surface area contributed by atoms with Gasteiger partial charge in [0.05, 0.1) is 12.6 Å². The van der Waals surface area contributed by atoms with Crippen molar-refractivity contribution in [2.24, 2.45) is 5.73 Å². The number of nitrogens with zero attached hydrogens (tertiary/aromatic N) is 2. The summed E-state index contributed by atoms with van der Waals surface area (Å²) in [5.74, 6) is 1.000. The number of amides is 1. The van der Waals surface area contributed by atoms with Gasteiger partial charge in [0.15, 0.2) is 0 Å². The summed E-state index contributed by atoms with van der Waals surface area (Å²) in [5, 5.41) is 8.83. The Bertz CT molecular complexity index is 233. The Morgan fingerprint density at radius 1 is 1.41 bits per heavy atom. The third-order valence-corrected chi connectivity index (χ3v) is 3.69. The molecule has 0 aromatic rings. The molecule has 0 spiro atoms. The molecule has 0 saturated carbocycles. The molecule has 1 atom stereocenters. The Balaban J connectivity index is 2.30. The number of hydrogen-bond donors (Lipinski definition) is 2. The van der Waals surface area contributed by atoms with Crippen molar-refractivity contribution in [1.82, 2.24) is 9.80 Å². The molecule has 0 aliphatic carbocycles. The van der Waals surface area contributed by atoms with Crippen molar-refractivity contribution in [2.75, 3.05) is 51.3 Å². The first-order chi connectivity index (χ1) is 8.19. The minimum Gasteiger partial charge on any atom is -0.395 e. The Morgan fingerprint density at radius 3 is 2.59 bits per heavy atom. The molecule has 6 heteroatoms. The lowest BCUT2D eigenvalue weighted by Crippen LogP contribution is -2.53. The molecule has 5 nitrogen and oxygen atoms in total. The van der Waals surface area contributed by atoms with Crippen LogP contribution < -0.4 is 5.73 Å². The molecule has 100 valence electrons. The van der Waals surface area contributed by atoms with Crippen molar-refractivity contribution < 1.29 is 9.90 Å². The quantitative estimate of drug-likeness (QED) is 0.655. The summed E-state index contributed by atoms with van der Waals surface area (Å²) in [5.41, 5.74) is 5.87. The van der Waals surface area contributed by atoms with E-state index in [0.717, 1.165) is 38.4 Å². The van der Waals surface area contributed by atoms with Crippen molar-refractivity contribution in [3.63, 3.8) is 0 Å². The van der Waals surface area contributed by atoms with Gasteiger partial charge in [-0.25, -0.2) is 0 Å². The van der Waals surface area contributed by atoms with Gasteiger partial charge in [-0.15, -0.1) is 0 Å². The molecule has 1 rings (SSSR count). The number of rotatable bonds is 6. The number of aliphatic hydroxyl groups is 1. The summed E-state index contributed by atoms with van der Waals surface area (Å²) >= 11 is 1.71. The first kappa shape index (κ1) is 14.8. The molecule has 3 N–H and O–H groups in total. The maximum absolute atomic E-state index is 12.0. The summed E-state index contributed by atoms with van der Waals surface area (Å²) in [7, 11) is 0. The smallest absolute Gasteiger partial charge is 0.239 e. The average Bonchev–Trinajstić information content (AvgIpc) is 2.36. The Hall–Kier alpha value is -0.300. The zero-order valence-electron chi connectivity index (χ0n) is 10.5. The van der Waals surface area contributed by atoms with Crippen molar-refractivity contribution >= 4 is 17.7 Å². The molecule has 1 aliphatic rings. The monoisotopic (exact) mass is 261 g/mol. The zero-order chi connectivity index (χ0) is 12.7. The highest BCUT2D eigenvalue weighted by molar-refractivity contribution is 7.98. The van der Waals surface area contributed by atoms with Gasteiger partial charge in [0.2, 0.25) is 5.91 Å². The predicted octanol–water partition coefficient (Wildman–Crippen LogP) is -0.797. The normalized spacial score (nSPS) is 19.4. The van der Waals surface area contributed by atoms with Crippen LogP contribution in [0.1, 0.15) is 6.42 Å². The molecule has 0 bridgehead atoms. The van der Waals surface area contributed by atoms with Gasteiger partial charge < -0.3 is 15.7 Å². The third kappa shape index (κ3) is 4.83. The first-order valence-electron chi connectivity index (χ1n) is 6.05. The SMILES string of the molecule is CSCC[C@H](N)C(=O)N1CCN(CCO)CC1. The summed E-state index contributed by atoms with van der Waals surface area (Å²) in [6, 6.07) is -0.355. The Morgan fingerprint density at radius 2 is 2.06 bits per heavy atom. The highest BCUT2D eigenvalue weighted by Gasteiger charge is 2.24. The van der Waals surface area contributed by atoms with E-state index in [4.69, 9.17) is 10.8 Å². The molecule has 1 heterocycles. The van der Waals surface area contributed by atoms with Gasteiger partial charge >= 0.3 is 0 Å². The molecule has 1 saturated heterocycles. The summed E-state index contributed by atoms with van der Waals surface area (Å²) in [6.45, 7) is 4.00. The largest absolute Gasteiger partial charge is 0.395 e. The van der Waals surface area contributed by atoms with Gasteiger partial charge in [-0.1, -0.05) is 0 Å². The fourth-order valence-electron chi connectivity index (χ4n) is 1.94. The van der Waals surface area contributed by atoms with E-state index in [2.05, 4.69) is 4.90 Å². The van der Waals surface area contributed by atoms with Crippen LogP contribution >= 0.6 is 11.8 Å². The van der Waals surface area contributed by atoms with E-state index in [-0.39, 0.29) is 18.6 Å². The number of hydrogen-bond acceptors (Lipinski definition) is 5. The molecule has 17 heavy (non-hydrogen) atoms. The van der Waals surface area contributed by atoms with E-state index in [1.807, 2.05) is 11.2 Å². The van der Waals surface area contributed by atoms with Crippen molar-refractivity contribution in [3.8, 4) is 0 Å². The summed E-state index contributed by atoms with van der Waals surface area (Å²) < 4.78 is 0. The number of thioether (sulfide) groups is 1. The Labute approximate surface area is 107 Å². The van der Waals surface area contributed by atoms with E-state index in [1.54, 1.807) is 11.8 Å². The lowest BCUT2D eigenvalue weighted by molar-refractivity contribution is -0.134. The topological polar surface area (TPSA) is 69.8 Å². The molecule has 0 unspecified atom stereocenters. The van der Waals surface area contributed by atoms with Crippen molar-refractivity contribution in [2.45, 2.75) is 12.5 Å². The molecule has 0 aromatic heterocycles. The van der Waals surface area contributed by atoms with E-state index in [9.17, 15) is 4.79 Å². The van der Waals surface area contributed by atoms with Crippen molar-refractivity contribution in [1.29, 1.82) is 0 Å². The fourth-order valence-corrected chi connectivity index (χ4v) is 2.43. The zero-order valence-corrected chi connectivity index (χ0v) is 11.3. The summed E-state index contributed by atoms with van der Waals surface area (Å²) in [6.07, 6.45) is 2.77. The molecular formula is C11H23N3O2S. The van der Waals surface area contributed by atoms with Gasteiger partial charge in [-0.05, 0) is 18.4 Å². The highest BCUT2D eigenvalue weighted by Crippen LogP contribution is 2.06. The van der Waals surface area contributed by atoms with Crippen LogP contribution in [0.2, 0.25) is 0 Å². The maximum Gasteiger partial charge on any atom is 0.239 e. The second kappa shape index (κ2) is 7.92. The predicted molar refractivity (Wildman–Crippen MR) is 71.1 cm³/mol. The second-order valence-electron chi connectivity index (χ2n) is 4.28. The standard InChI is InChI=1S/C11H23N3O2S/c1-17-9-2-10(12)11(16)14-5-3-13(4-6-14)7-8-15/h10,15H,2-9,12H2,1H3/t10-/m0/s1. The molecule has 0 radical (unpaired) electrons. The number of nitrogens with two attached hydrogens (primary N) is 1. The van der Waals surface area contributed by atoms with Crippen LogP contribution in [0.5, 0.6) is 0 Å². The molecule has 1 amide bonds. The van der Waals surface area contributed by atoms with Gasteiger partial charge in [0.1, 0.15) is 0 Å². The van der Waals surface area contributed by atoms with Crippen LogP contribution in [0, 0.1) is 0 Å². The van der Waals surface area contributed by atoms with Gasteiger partial charge in [0.25, 0.3) is 0 Å². The van der Waals surface area contributed by atoms with Crippen LogP contribution in [0.25, 0.3) is 0 Å². The fraction of sp³-hybridized carbons (Fsp3) is 0.909. The minimum absolute atomic E-state index is 0.0719. The second-order valence-corrected chi connectivity index (χ2v) is 5.26. The molecule has 1 aliphatic heterocycles. The molecule has 0 aromatic carbocycles. The van der Waals surface area contributed by atoms with Crippen LogP contribution in [0.3, 0.4) is 0 Å². The maximum atomic E-state index is 12.0. The van der Waals surface area contributed by atoms with Crippen LogP contribution in [-0.4, -0.2) is 78.2 Å². The van der Waals surface area contributed by atoms with Crippen LogP contribution in [-0.2, 0) is 4.79 Å². The third-order valence-electron chi connectivity index (χ3n) is 3.05. The highest BCUT2D eigenvalue weighted by atomic mass is 32.2. The van der Waals surface area contributed by atoms with Gasteiger partial charge in [0, 0.05) is 32.7 Å². The van der Waals surface area contributed by atoms with Gasteiger partial charge in [-0.2, -0.15) is 11.8 Å². The number of piperazine rings is 1. The van der Waals surface area contributed by atoms with Crippen molar-refractivity contribution in [3.05, 3.63) is 0 Å². The summed E-state index contributed by atoms with van der Waals surface area (Å²) in [4.78, 5) is 16.0. The van der Waals surface area contributed by atoms with Gasteiger partial charge in [-0.3, -0.25) is 9.69 Å². The van der Waals surface area contributed by atoms with E-state index >= 15 is 0 Å². The number of aliphatic hydroxyl groups excluding tert-OH is 1. The van der Waals surface area contributed by atoms with E-state index in [1.165, 1.54) is 0 Å². The van der Waals surface area contributed by atoms with Crippen LogP contribution in [0.15, 0.2) is 0 Å². The lowest BCUT2D eigenvalue weighted by Gasteiger charge is -2.35. The lowest BCUT2D eigenvalue weighted by atomic mass is 10.2. The number of carbonyl (C=O) groups is 1. The minimum atomic E-state index is -0.355. The number of β-amino-alcohol motifs (C(OH)–C–C–N with tert-alkyl or cyclic N) is 1. The Kier molecular flexibility index (Phi) is 6.87. The molecular weight excluding hydrogens is 238 g/mol. The number of carbonyl (C=O) groups excluding carboxylic acids is 1. The average molecular weight is 261 g/mol. The van der Waals surface area contributed by atoms with E-state index in [0.29, 0.717) is 6.54 Å². The van der Waals surface area contributed by atoms with Crippen LogP contribution in [0.4, 0.5) is 0 Å². The first-order valence-corrected chi connectivity index (χ1v) is 7.45. The molecule has 1 fully saturated rings. The van der Waals surface area contributed by atoms with E-state index < -0.39 is 0 Å².